The van der Waals surface area contributed by atoms with E-state index in [0.717, 1.165) is 35.7 Å². The minimum atomic E-state index is 0.715. The van der Waals surface area contributed by atoms with Crippen LogP contribution in [0.1, 0.15) is 5.56 Å². The van der Waals surface area contributed by atoms with Crippen LogP contribution in [0.2, 0.25) is 5.02 Å². The first-order valence-electron chi connectivity index (χ1n) is 8.69. The van der Waals surface area contributed by atoms with Gasteiger partial charge in [-0.2, -0.15) is 0 Å². The van der Waals surface area contributed by atoms with E-state index in [4.69, 9.17) is 17.3 Å². The lowest BCUT2D eigenvalue weighted by Gasteiger charge is -2.29. The average Bonchev–Trinajstić information content (AvgIpc) is 2.64. The Balaban J connectivity index is 2.15. The van der Waals surface area contributed by atoms with Gasteiger partial charge >= 0.3 is 0 Å². The molecule has 0 heterocycles. The quantitative estimate of drug-likeness (QED) is 0.586. The lowest BCUT2D eigenvalue weighted by Crippen LogP contribution is -2.18. The van der Waals surface area contributed by atoms with Crippen molar-refractivity contribution < 1.29 is 0 Å². The van der Waals surface area contributed by atoms with E-state index in [1.54, 1.807) is 0 Å². The Morgan fingerprint density at radius 2 is 1.54 bits per heavy atom. The van der Waals surface area contributed by atoms with Gasteiger partial charge in [0.1, 0.15) is 0 Å². The molecule has 0 bridgehead atoms. The summed E-state index contributed by atoms with van der Waals surface area (Å²) in [5.41, 5.74) is 11.2. The van der Waals surface area contributed by atoms with Gasteiger partial charge in [0.15, 0.2) is 0 Å². The molecule has 3 aromatic rings. The van der Waals surface area contributed by atoms with Crippen molar-refractivity contribution >= 4 is 34.4 Å². The number of likely N-dealkylation sites (N-methyl/N-ethyl adjacent to an activating group) is 1. The van der Waals surface area contributed by atoms with Gasteiger partial charge in [0, 0.05) is 23.6 Å². The molecule has 26 heavy (non-hydrogen) atoms. The third-order valence-corrected chi connectivity index (χ3v) is 4.60. The SMILES string of the molecule is CN(C)CCc1cc(N)ccc1N(c1ccccc1)c1ccccc1Cl. The molecule has 0 amide bonds. The van der Waals surface area contributed by atoms with Gasteiger partial charge in [-0.3, -0.25) is 0 Å². The van der Waals surface area contributed by atoms with Gasteiger partial charge in [0.05, 0.1) is 10.7 Å². The topological polar surface area (TPSA) is 32.5 Å². The number of para-hydroxylation sites is 2. The van der Waals surface area contributed by atoms with Crippen LogP contribution < -0.4 is 10.6 Å². The molecule has 0 aliphatic carbocycles. The second-order valence-corrected chi connectivity index (χ2v) is 6.97. The molecule has 0 aromatic heterocycles. The van der Waals surface area contributed by atoms with E-state index in [1.807, 2.05) is 48.5 Å². The minimum absolute atomic E-state index is 0.715. The summed E-state index contributed by atoms with van der Waals surface area (Å²) >= 11 is 6.56. The lowest BCUT2D eigenvalue weighted by atomic mass is 10.1. The standard InChI is InChI=1S/C22H24ClN3/c1-25(2)15-14-17-16-18(24)12-13-21(17)26(19-8-4-3-5-9-19)22-11-7-6-10-20(22)23/h3-13,16H,14-15,24H2,1-2H3. The molecule has 0 atom stereocenters. The largest absolute Gasteiger partial charge is 0.399 e. The van der Waals surface area contributed by atoms with E-state index in [9.17, 15) is 0 Å². The lowest BCUT2D eigenvalue weighted by molar-refractivity contribution is 0.414. The first-order chi connectivity index (χ1) is 12.6. The van der Waals surface area contributed by atoms with Gasteiger partial charge in [0.2, 0.25) is 0 Å². The van der Waals surface area contributed by atoms with Crippen LogP contribution in [0, 0.1) is 0 Å². The van der Waals surface area contributed by atoms with Crippen molar-refractivity contribution in [3.63, 3.8) is 0 Å². The molecule has 0 fully saturated rings. The summed E-state index contributed by atoms with van der Waals surface area (Å²) in [6.45, 7) is 0.946. The second kappa shape index (κ2) is 8.26. The first-order valence-corrected chi connectivity index (χ1v) is 9.07. The summed E-state index contributed by atoms with van der Waals surface area (Å²) in [5, 5.41) is 0.715. The molecule has 4 heteroatoms. The number of hydrogen-bond donors (Lipinski definition) is 1. The van der Waals surface area contributed by atoms with Crippen molar-refractivity contribution in [1.82, 2.24) is 4.90 Å². The van der Waals surface area contributed by atoms with Crippen LogP contribution in [0.25, 0.3) is 0 Å². The van der Waals surface area contributed by atoms with Crippen molar-refractivity contribution in [2.24, 2.45) is 0 Å². The number of nitrogens with zero attached hydrogens (tertiary/aromatic N) is 2. The van der Waals surface area contributed by atoms with Crippen molar-refractivity contribution in [3.8, 4) is 0 Å². The monoisotopic (exact) mass is 365 g/mol. The van der Waals surface area contributed by atoms with E-state index in [0.29, 0.717) is 5.02 Å². The van der Waals surface area contributed by atoms with Crippen molar-refractivity contribution in [1.29, 1.82) is 0 Å². The zero-order valence-corrected chi connectivity index (χ0v) is 15.9. The van der Waals surface area contributed by atoms with E-state index in [2.05, 4.69) is 48.2 Å². The number of rotatable bonds is 6. The molecule has 0 unspecified atom stereocenters. The molecule has 3 aromatic carbocycles. The van der Waals surface area contributed by atoms with Crippen LogP contribution in [0.15, 0.2) is 72.8 Å². The Morgan fingerprint density at radius 1 is 0.846 bits per heavy atom. The van der Waals surface area contributed by atoms with Crippen molar-refractivity contribution in [2.45, 2.75) is 6.42 Å². The first kappa shape index (κ1) is 18.3. The zero-order valence-electron chi connectivity index (χ0n) is 15.2. The van der Waals surface area contributed by atoms with E-state index in [-0.39, 0.29) is 0 Å². The fraction of sp³-hybridized carbons (Fsp3) is 0.182. The van der Waals surface area contributed by atoms with Gasteiger partial charge < -0.3 is 15.5 Å². The maximum atomic E-state index is 6.56. The number of nitrogen functional groups attached to an aromatic ring is 1. The Kier molecular flexibility index (Phi) is 5.82. The molecular formula is C22H24ClN3. The van der Waals surface area contributed by atoms with Crippen LogP contribution in [0.3, 0.4) is 0 Å². The van der Waals surface area contributed by atoms with Gasteiger partial charge in [-0.05, 0) is 68.5 Å². The summed E-state index contributed by atoms with van der Waals surface area (Å²) < 4.78 is 0. The molecule has 3 nitrogen and oxygen atoms in total. The number of nitrogens with two attached hydrogens (primary N) is 1. The van der Waals surface area contributed by atoms with Gasteiger partial charge in [-0.15, -0.1) is 0 Å². The second-order valence-electron chi connectivity index (χ2n) is 6.56. The summed E-state index contributed by atoms with van der Waals surface area (Å²) in [4.78, 5) is 4.38. The highest BCUT2D eigenvalue weighted by Crippen LogP contribution is 2.40. The highest BCUT2D eigenvalue weighted by atomic mass is 35.5. The van der Waals surface area contributed by atoms with E-state index < -0.39 is 0 Å². The molecule has 0 radical (unpaired) electrons. The Hall–Kier alpha value is -2.49. The van der Waals surface area contributed by atoms with Crippen molar-refractivity contribution in [3.05, 3.63) is 83.4 Å². The van der Waals surface area contributed by atoms with E-state index >= 15 is 0 Å². The number of halogens is 1. The van der Waals surface area contributed by atoms with Crippen LogP contribution in [-0.4, -0.2) is 25.5 Å². The summed E-state index contributed by atoms with van der Waals surface area (Å²) in [6.07, 6.45) is 0.904. The van der Waals surface area contributed by atoms with Gasteiger partial charge in [-0.1, -0.05) is 41.9 Å². The fourth-order valence-electron chi connectivity index (χ4n) is 2.99. The van der Waals surface area contributed by atoms with Gasteiger partial charge in [0.25, 0.3) is 0 Å². The molecule has 3 rings (SSSR count). The number of benzene rings is 3. The molecule has 0 saturated carbocycles. The minimum Gasteiger partial charge on any atom is -0.399 e. The zero-order chi connectivity index (χ0) is 18.5. The van der Waals surface area contributed by atoms with Crippen LogP contribution in [0.4, 0.5) is 22.7 Å². The van der Waals surface area contributed by atoms with Crippen LogP contribution >= 0.6 is 11.6 Å². The molecule has 2 N–H and O–H groups in total. The Bertz CT molecular complexity index is 862. The molecule has 0 saturated heterocycles. The molecule has 0 aliphatic heterocycles. The third kappa shape index (κ3) is 4.18. The highest BCUT2D eigenvalue weighted by molar-refractivity contribution is 6.33. The van der Waals surface area contributed by atoms with Crippen LogP contribution in [0.5, 0.6) is 0 Å². The van der Waals surface area contributed by atoms with E-state index in [1.165, 1.54) is 5.56 Å². The molecular weight excluding hydrogens is 342 g/mol. The summed E-state index contributed by atoms with van der Waals surface area (Å²) in [6, 6.07) is 24.3. The fourth-order valence-corrected chi connectivity index (χ4v) is 3.21. The molecule has 0 spiro atoms. The predicted octanol–water partition coefficient (Wildman–Crippen LogP) is 5.50. The molecule has 0 aliphatic rings. The molecule has 134 valence electrons. The number of hydrogen-bond acceptors (Lipinski definition) is 3. The smallest absolute Gasteiger partial charge is 0.0648 e. The highest BCUT2D eigenvalue weighted by Gasteiger charge is 2.18. The maximum absolute atomic E-state index is 6.56. The summed E-state index contributed by atoms with van der Waals surface area (Å²) in [7, 11) is 4.16. The Labute approximate surface area is 160 Å². The number of anilines is 4. The van der Waals surface area contributed by atoms with Gasteiger partial charge in [-0.25, -0.2) is 0 Å². The van der Waals surface area contributed by atoms with Crippen LogP contribution in [-0.2, 0) is 6.42 Å². The summed E-state index contributed by atoms with van der Waals surface area (Å²) in [5.74, 6) is 0. The average molecular weight is 366 g/mol. The van der Waals surface area contributed by atoms with Crippen molar-refractivity contribution in [2.75, 3.05) is 31.3 Å². The third-order valence-electron chi connectivity index (χ3n) is 4.28. The Morgan fingerprint density at radius 3 is 2.23 bits per heavy atom. The normalized spacial score (nSPS) is 10.9. The maximum Gasteiger partial charge on any atom is 0.0648 e. The predicted molar refractivity (Wildman–Crippen MR) is 113 cm³/mol.